The van der Waals surface area contributed by atoms with Crippen LogP contribution in [-0.2, 0) is 16.4 Å². The molecule has 0 aromatic carbocycles. The summed E-state index contributed by atoms with van der Waals surface area (Å²) in [7, 11) is -3.79. The third-order valence-electron chi connectivity index (χ3n) is 2.36. The number of rotatable bonds is 5. The highest BCUT2D eigenvalue weighted by molar-refractivity contribution is 7.93. The van der Waals surface area contributed by atoms with Crippen LogP contribution in [0.5, 0.6) is 0 Å². The van der Waals surface area contributed by atoms with Gasteiger partial charge in [-0.25, -0.2) is 13.4 Å². The standard InChI is InChI=1S/C11H15N5O2S2/c1-7(2)6-9-14-15-11(19-9)16-20(17,18)8-4-3-5-13-10(8)12/h3-5,7H,6H2,1-2H3,(H2,12,13)(H,15,16). The summed E-state index contributed by atoms with van der Waals surface area (Å²) in [5.41, 5.74) is 5.57. The van der Waals surface area contributed by atoms with E-state index in [1.807, 2.05) is 0 Å². The van der Waals surface area contributed by atoms with Gasteiger partial charge in [-0.2, -0.15) is 0 Å². The van der Waals surface area contributed by atoms with Crippen molar-refractivity contribution in [1.29, 1.82) is 0 Å². The fourth-order valence-corrected chi connectivity index (χ4v) is 3.79. The molecule has 0 unspecified atom stereocenters. The third-order valence-corrected chi connectivity index (χ3v) is 4.74. The zero-order valence-corrected chi connectivity index (χ0v) is 12.7. The van der Waals surface area contributed by atoms with E-state index in [4.69, 9.17) is 5.73 Å². The molecule has 0 atom stereocenters. The Bertz CT molecular complexity index is 696. The van der Waals surface area contributed by atoms with Crippen LogP contribution in [-0.4, -0.2) is 23.6 Å². The molecule has 108 valence electrons. The quantitative estimate of drug-likeness (QED) is 0.865. The van der Waals surface area contributed by atoms with Crippen molar-refractivity contribution in [1.82, 2.24) is 15.2 Å². The molecule has 0 radical (unpaired) electrons. The Balaban J connectivity index is 2.21. The second kappa shape index (κ2) is 5.71. The molecule has 0 saturated heterocycles. The molecular formula is C11H15N5O2S2. The molecule has 0 aliphatic heterocycles. The van der Waals surface area contributed by atoms with Gasteiger partial charge in [0.1, 0.15) is 15.7 Å². The minimum Gasteiger partial charge on any atom is -0.383 e. The van der Waals surface area contributed by atoms with Gasteiger partial charge < -0.3 is 5.73 Å². The molecule has 0 spiro atoms. The zero-order chi connectivity index (χ0) is 14.8. The topological polar surface area (TPSA) is 111 Å². The largest absolute Gasteiger partial charge is 0.383 e. The highest BCUT2D eigenvalue weighted by Gasteiger charge is 2.20. The lowest BCUT2D eigenvalue weighted by Crippen LogP contribution is -2.15. The number of sulfonamides is 1. The monoisotopic (exact) mass is 313 g/mol. The Labute approximate surface area is 121 Å². The molecule has 20 heavy (non-hydrogen) atoms. The van der Waals surface area contributed by atoms with E-state index in [9.17, 15) is 8.42 Å². The van der Waals surface area contributed by atoms with Gasteiger partial charge in [0, 0.05) is 12.6 Å². The van der Waals surface area contributed by atoms with Crippen LogP contribution < -0.4 is 10.5 Å². The van der Waals surface area contributed by atoms with E-state index in [-0.39, 0.29) is 15.8 Å². The molecule has 0 saturated carbocycles. The molecule has 9 heteroatoms. The number of nitrogens with one attached hydrogen (secondary N) is 1. The number of pyridine rings is 1. The molecule has 2 aromatic rings. The molecule has 0 aliphatic rings. The number of anilines is 2. The molecule has 3 N–H and O–H groups in total. The first kappa shape index (κ1) is 14.7. The number of nitrogens with zero attached hydrogens (tertiary/aromatic N) is 3. The van der Waals surface area contributed by atoms with Crippen LogP contribution in [0, 0.1) is 5.92 Å². The van der Waals surface area contributed by atoms with Gasteiger partial charge in [0.05, 0.1) is 0 Å². The van der Waals surface area contributed by atoms with Gasteiger partial charge in [-0.15, -0.1) is 10.2 Å². The highest BCUT2D eigenvalue weighted by Crippen LogP contribution is 2.23. The molecule has 2 rings (SSSR count). The normalized spacial score (nSPS) is 11.8. The van der Waals surface area contributed by atoms with Gasteiger partial charge in [-0.05, 0) is 18.1 Å². The van der Waals surface area contributed by atoms with Crippen molar-refractivity contribution in [3.63, 3.8) is 0 Å². The molecule has 7 nitrogen and oxygen atoms in total. The predicted octanol–water partition coefficient (Wildman–Crippen LogP) is 1.51. The smallest absolute Gasteiger partial charge is 0.267 e. The second-order valence-electron chi connectivity index (χ2n) is 4.59. The number of nitrogens with two attached hydrogens (primary N) is 1. The Kier molecular flexibility index (Phi) is 4.19. The van der Waals surface area contributed by atoms with Crippen LogP contribution in [0.15, 0.2) is 23.2 Å². The minimum absolute atomic E-state index is 0.0491. The summed E-state index contributed by atoms with van der Waals surface area (Å²) in [6.07, 6.45) is 2.19. The average Bonchev–Trinajstić information content (AvgIpc) is 2.75. The first-order valence-corrected chi connectivity index (χ1v) is 8.24. The van der Waals surface area contributed by atoms with E-state index in [1.165, 1.54) is 29.7 Å². The van der Waals surface area contributed by atoms with Crippen LogP contribution in [0.1, 0.15) is 18.9 Å². The maximum atomic E-state index is 12.2. The molecule has 2 aromatic heterocycles. The number of aromatic nitrogens is 3. The molecule has 0 fully saturated rings. The first-order chi connectivity index (χ1) is 9.38. The maximum absolute atomic E-state index is 12.2. The number of nitrogen functional groups attached to an aromatic ring is 1. The van der Waals surface area contributed by atoms with E-state index in [2.05, 4.69) is 33.8 Å². The van der Waals surface area contributed by atoms with Gasteiger partial charge in [-0.1, -0.05) is 25.2 Å². The lowest BCUT2D eigenvalue weighted by Gasteiger charge is -2.06. The molecule has 0 aliphatic carbocycles. The van der Waals surface area contributed by atoms with Gasteiger partial charge in [-0.3, -0.25) is 4.72 Å². The molecule has 0 amide bonds. The van der Waals surface area contributed by atoms with Crippen molar-refractivity contribution < 1.29 is 8.42 Å². The van der Waals surface area contributed by atoms with Crippen molar-refractivity contribution >= 4 is 32.3 Å². The van der Waals surface area contributed by atoms with Gasteiger partial charge in [0.2, 0.25) is 5.13 Å². The summed E-state index contributed by atoms with van der Waals surface area (Å²) in [5, 5.41) is 8.79. The Morgan fingerprint density at radius 2 is 2.15 bits per heavy atom. The van der Waals surface area contributed by atoms with E-state index in [0.29, 0.717) is 5.92 Å². The van der Waals surface area contributed by atoms with Crippen LogP contribution in [0.4, 0.5) is 10.9 Å². The van der Waals surface area contributed by atoms with E-state index >= 15 is 0 Å². The maximum Gasteiger partial charge on any atom is 0.267 e. The fourth-order valence-electron chi connectivity index (χ4n) is 1.53. The van der Waals surface area contributed by atoms with Crippen molar-refractivity contribution in [3.8, 4) is 0 Å². The highest BCUT2D eigenvalue weighted by atomic mass is 32.2. The lowest BCUT2D eigenvalue weighted by atomic mass is 10.1. The number of hydrogen-bond donors (Lipinski definition) is 2. The van der Waals surface area contributed by atoms with E-state index < -0.39 is 10.0 Å². The van der Waals surface area contributed by atoms with Gasteiger partial charge in [0.15, 0.2) is 0 Å². The summed E-state index contributed by atoms with van der Waals surface area (Å²) < 4.78 is 26.7. The SMILES string of the molecule is CC(C)Cc1nnc(NS(=O)(=O)c2cccnc2N)s1. The fraction of sp³-hybridized carbons (Fsp3) is 0.364. The van der Waals surface area contributed by atoms with Crippen LogP contribution in [0.3, 0.4) is 0 Å². The zero-order valence-electron chi connectivity index (χ0n) is 11.1. The first-order valence-electron chi connectivity index (χ1n) is 5.94. The summed E-state index contributed by atoms with van der Waals surface area (Å²) in [5.74, 6) is 0.383. The Morgan fingerprint density at radius 1 is 1.40 bits per heavy atom. The van der Waals surface area contributed by atoms with E-state index in [1.54, 1.807) is 0 Å². The summed E-state index contributed by atoms with van der Waals surface area (Å²) in [4.78, 5) is 3.69. The molecule has 0 bridgehead atoms. The summed E-state index contributed by atoms with van der Waals surface area (Å²) >= 11 is 1.21. The Hall–Kier alpha value is -1.74. The van der Waals surface area contributed by atoms with Crippen molar-refractivity contribution in [3.05, 3.63) is 23.3 Å². The van der Waals surface area contributed by atoms with Crippen molar-refractivity contribution in [2.75, 3.05) is 10.5 Å². The third kappa shape index (κ3) is 3.42. The van der Waals surface area contributed by atoms with Crippen molar-refractivity contribution in [2.24, 2.45) is 5.92 Å². The molecule has 2 heterocycles. The second-order valence-corrected chi connectivity index (χ2v) is 7.30. The van der Waals surface area contributed by atoms with Crippen LogP contribution in [0.2, 0.25) is 0 Å². The van der Waals surface area contributed by atoms with E-state index in [0.717, 1.165) is 11.4 Å². The molecular weight excluding hydrogens is 298 g/mol. The van der Waals surface area contributed by atoms with Crippen molar-refractivity contribution in [2.45, 2.75) is 25.2 Å². The van der Waals surface area contributed by atoms with Crippen LogP contribution in [0.25, 0.3) is 0 Å². The lowest BCUT2D eigenvalue weighted by molar-refractivity contribution is 0.601. The minimum atomic E-state index is -3.79. The van der Waals surface area contributed by atoms with Gasteiger partial charge in [0.25, 0.3) is 10.0 Å². The van der Waals surface area contributed by atoms with Crippen LogP contribution >= 0.6 is 11.3 Å². The summed E-state index contributed by atoms with van der Waals surface area (Å²) in [6.45, 7) is 4.11. The van der Waals surface area contributed by atoms with Gasteiger partial charge >= 0.3 is 0 Å². The number of hydrogen-bond acceptors (Lipinski definition) is 7. The summed E-state index contributed by atoms with van der Waals surface area (Å²) in [6, 6.07) is 2.90. The Morgan fingerprint density at radius 3 is 2.80 bits per heavy atom. The average molecular weight is 313 g/mol. The predicted molar refractivity (Wildman–Crippen MR) is 77.9 cm³/mol.